The molecule has 0 unspecified atom stereocenters. The van der Waals surface area contributed by atoms with Crippen molar-refractivity contribution in [3.05, 3.63) is 52.5 Å². The van der Waals surface area contributed by atoms with Gasteiger partial charge >= 0.3 is 0 Å². The molecule has 2 aromatic rings. The quantitative estimate of drug-likeness (QED) is 0.861. The maximum atomic E-state index is 12.9. The van der Waals surface area contributed by atoms with E-state index >= 15 is 0 Å². The lowest BCUT2D eigenvalue weighted by Crippen LogP contribution is -2.36. The average molecular weight is 352 g/mol. The number of fused-ring (bicyclic) bond motifs is 2. The molecule has 0 fully saturated rings. The molecule has 5 heteroatoms. The molecule has 0 saturated heterocycles. The predicted octanol–water partition coefficient (Wildman–Crippen LogP) is 3.92. The minimum absolute atomic E-state index is 0.0296. The van der Waals surface area contributed by atoms with Gasteiger partial charge in [-0.25, -0.2) is 0 Å². The Morgan fingerprint density at radius 3 is 2.88 bits per heavy atom. The molecule has 26 heavy (non-hydrogen) atoms. The van der Waals surface area contributed by atoms with Crippen LogP contribution in [0, 0.1) is 12.3 Å². The van der Waals surface area contributed by atoms with Crippen LogP contribution in [-0.4, -0.2) is 11.8 Å². The lowest BCUT2D eigenvalue weighted by atomic mass is 9.74. The molecule has 1 aliphatic carbocycles. The van der Waals surface area contributed by atoms with Crippen LogP contribution in [0.1, 0.15) is 65.7 Å². The van der Waals surface area contributed by atoms with E-state index in [0.717, 1.165) is 41.2 Å². The summed E-state index contributed by atoms with van der Waals surface area (Å²) in [5, 5.41) is 6.04. The topological polar surface area (TPSA) is 71.3 Å². The van der Waals surface area contributed by atoms with E-state index in [1.165, 1.54) is 0 Å². The Morgan fingerprint density at radius 1 is 1.27 bits per heavy atom. The van der Waals surface area contributed by atoms with Crippen molar-refractivity contribution in [2.45, 2.75) is 52.5 Å². The number of carbonyl (C=O) groups is 2. The van der Waals surface area contributed by atoms with Crippen LogP contribution >= 0.6 is 0 Å². The number of hydrogen-bond acceptors (Lipinski definition) is 3. The van der Waals surface area contributed by atoms with E-state index in [2.05, 4.69) is 24.5 Å². The van der Waals surface area contributed by atoms with E-state index < -0.39 is 0 Å². The number of benzene rings is 1. The standard InChI is InChI=1S/C21H24N2O3/c1-12-8-15-17(10-21(2,3)11-18(15)26-12)23-20(25)14-4-6-16-13(9-14)5-7-19(24)22-16/h4,6,8-9,17H,5,7,10-11H2,1-3H3,(H,22,24)(H,23,25)/t17-/m1/s1. The fourth-order valence-corrected chi connectivity index (χ4v) is 4.08. The van der Waals surface area contributed by atoms with E-state index in [9.17, 15) is 9.59 Å². The minimum Gasteiger partial charge on any atom is -0.466 e. The zero-order chi connectivity index (χ0) is 18.5. The fraction of sp³-hybridized carbons (Fsp3) is 0.429. The van der Waals surface area contributed by atoms with Crippen molar-refractivity contribution >= 4 is 17.5 Å². The molecule has 5 nitrogen and oxygen atoms in total. The molecule has 2 aliphatic rings. The fourth-order valence-electron chi connectivity index (χ4n) is 4.08. The van der Waals surface area contributed by atoms with Crippen molar-refractivity contribution in [2.24, 2.45) is 5.41 Å². The van der Waals surface area contributed by atoms with Gasteiger partial charge in [-0.15, -0.1) is 0 Å². The first-order valence-corrected chi connectivity index (χ1v) is 9.14. The van der Waals surface area contributed by atoms with Crippen LogP contribution in [0.3, 0.4) is 0 Å². The molecule has 2 N–H and O–H groups in total. The van der Waals surface area contributed by atoms with Crippen molar-refractivity contribution in [3.8, 4) is 0 Å². The Bertz CT molecular complexity index is 895. The summed E-state index contributed by atoms with van der Waals surface area (Å²) in [6.45, 7) is 6.35. The number of hydrogen-bond donors (Lipinski definition) is 2. The highest BCUT2D eigenvalue weighted by atomic mass is 16.3. The highest BCUT2D eigenvalue weighted by molar-refractivity contribution is 5.98. The molecule has 1 aromatic heterocycles. The van der Waals surface area contributed by atoms with Crippen molar-refractivity contribution in [1.82, 2.24) is 5.32 Å². The molecule has 136 valence electrons. The molecule has 4 rings (SSSR count). The normalized spacial score (nSPS) is 20.7. The molecule has 0 spiro atoms. The lowest BCUT2D eigenvalue weighted by Gasteiger charge is -2.34. The molecule has 0 bridgehead atoms. The van der Waals surface area contributed by atoms with E-state index in [0.29, 0.717) is 18.4 Å². The number of anilines is 1. The SMILES string of the molecule is Cc1cc2c(o1)CC(C)(C)C[C@H]2NC(=O)c1ccc2c(c1)CCC(=O)N2. The molecule has 0 radical (unpaired) electrons. The van der Waals surface area contributed by atoms with Gasteiger partial charge < -0.3 is 15.1 Å². The zero-order valence-electron chi connectivity index (χ0n) is 15.4. The van der Waals surface area contributed by atoms with Gasteiger partial charge in [0.15, 0.2) is 0 Å². The monoisotopic (exact) mass is 352 g/mol. The zero-order valence-corrected chi connectivity index (χ0v) is 15.4. The average Bonchev–Trinajstić information content (AvgIpc) is 2.93. The molecule has 0 saturated carbocycles. The molecular formula is C21H24N2O3. The van der Waals surface area contributed by atoms with E-state index in [1.54, 1.807) is 6.07 Å². The largest absolute Gasteiger partial charge is 0.466 e. The third kappa shape index (κ3) is 3.14. The third-order valence-electron chi connectivity index (χ3n) is 5.30. The van der Waals surface area contributed by atoms with Gasteiger partial charge in [0.25, 0.3) is 5.91 Å². The van der Waals surface area contributed by atoms with Crippen LogP contribution in [-0.2, 0) is 17.6 Å². The Morgan fingerprint density at radius 2 is 2.08 bits per heavy atom. The summed E-state index contributed by atoms with van der Waals surface area (Å²) >= 11 is 0. The number of furan rings is 1. The van der Waals surface area contributed by atoms with Gasteiger partial charge in [0.2, 0.25) is 5.91 Å². The van der Waals surface area contributed by atoms with Crippen molar-refractivity contribution in [2.75, 3.05) is 5.32 Å². The number of amides is 2. The summed E-state index contributed by atoms with van der Waals surface area (Å²) in [6, 6.07) is 7.47. The van der Waals surface area contributed by atoms with E-state index in [1.807, 2.05) is 25.1 Å². The highest BCUT2D eigenvalue weighted by Crippen LogP contribution is 2.42. The Hall–Kier alpha value is -2.56. The van der Waals surface area contributed by atoms with Gasteiger partial charge in [0, 0.05) is 29.7 Å². The Balaban J connectivity index is 1.57. The van der Waals surface area contributed by atoms with Gasteiger partial charge in [-0.1, -0.05) is 13.8 Å². The Labute approximate surface area is 153 Å². The van der Waals surface area contributed by atoms with E-state index in [-0.39, 0.29) is 23.3 Å². The molecule has 2 amide bonds. The highest BCUT2D eigenvalue weighted by Gasteiger charge is 2.35. The van der Waals surface area contributed by atoms with Gasteiger partial charge in [-0.05, 0) is 55.0 Å². The second kappa shape index (κ2) is 6.01. The number of nitrogens with one attached hydrogen (secondary N) is 2. The lowest BCUT2D eigenvalue weighted by molar-refractivity contribution is -0.116. The van der Waals surface area contributed by atoms with Crippen LogP contribution in [0.5, 0.6) is 0 Å². The summed E-state index contributed by atoms with van der Waals surface area (Å²) < 4.78 is 5.85. The number of aryl methyl sites for hydroxylation is 2. The summed E-state index contributed by atoms with van der Waals surface area (Å²) in [5.74, 6) is 1.81. The summed E-state index contributed by atoms with van der Waals surface area (Å²) in [7, 11) is 0. The van der Waals surface area contributed by atoms with Crippen LogP contribution in [0.4, 0.5) is 5.69 Å². The minimum atomic E-state index is -0.0859. The first kappa shape index (κ1) is 16.9. The van der Waals surface area contributed by atoms with Crippen molar-refractivity contribution in [3.63, 3.8) is 0 Å². The molecule has 1 aliphatic heterocycles. The molecule has 1 atom stereocenters. The maximum absolute atomic E-state index is 12.9. The van der Waals surface area contributed by atoms with Gasteiger partial charge in [-0.3, -0.25) is 9.59 Å². The van der Waals surface area contributed by atoms with Gasteiger partial charge in [0.05, 0.1) is 6.04 Å². The van der Waals surface area contributed by atoms with Crippen LogP contribution < -0.4 is 10.6 Å². The van der Waals surface area contributed by atoms with Crippen LogP contribution in [0.25, 0.3) is 0 Å². The van der Waals surface area contributed by atoms with Crippen molar-refractivity contribution in [1.29, 1.82) is 0 Å². The van der Waals surface area contributed by atoms with Crippen LogP contribution in [0.15, 0.2) is 28.7 Å². The second-order valence-corrected chi connectivity index (χ2v) is 8.23. The molecular weight excluding hydrogens is 328 g/mol. The number of rotatable bonds is 2. The summed E-state index contributed by atoms with van der Waals surface area (Å²) in [4.78, 5) is 24.3. The predicted molar refractivity (Wildman–Crippen MR) is 99.1 cm³/mol. The van der Waals surface area contributed by atoms with Gasteiger partial charge in [-0.2, -0.15) is 0 Å². The maximum Gasteiger partial charge on any atom is 0.251 e. The van der Waals surface area contributed by atoms with Crippen molar-refractivity contribution < 1.29 is 14.0 Å². The molecule has 2 heterocycles. The van der Waals surface area contributed by atoms with Crippen LogP contribution in [0.2, 0.25) is 0 Å². The second-order valence-electron chi connectivity index (χ2n) is 8.23. The summed E-state index contributed by atoms with van der Waals surface area (Å²) in [5.41, 5.74) is 3.63. The number of carbonyl (C=O) groups excluding carboxylic acids is 2. The van der Waals surface area contributed by atoms with Gasteiger partial charge in [0.1, 0.15) is 11.5 Å². The smallest absolute Gasteiger partial charge is 0.251 e. The first-order valence-electron chi connectivity index (χ1n) is 9.14. The Kier molecular flexibility index (Phi) is 3.90. The molecule has 1 aromatic carbocycles. The summed E-state index contributed by atoms with van der Waals surface area (Å²) in [6.07, 6.45) is 2.91. The first-order chi connectivity index (χ1) is 12.3. The third-order valence-corrected chi connectivity index (χ3v) is 5.30. The van der Waals surface area contributed by atoms with E-state index in [4.69, 9.17) is 4.42 Å².